The van der Waals surface area contributed by atoms with E-state index in [1.807, 2.05) is 43.7 Å². The lowest BCUT2D eigenvalue weighted by atomic mass is 10.0. The third-order valence-electron chi connectivity index (χ3n) is 4.55. The molecule has 2 N–H and O–H groups in total. The van der Waals surface area contributed by atoms with Crippen LogP contribution in [0, 0.1) is 19.8 Å². The molecule has 0 fully saturated rings. The Morgan fingerprint density at radius 2 is 1.92 bits per heavy atom. The number of benzene rings is 1. The lowest BCUT2D eigenvalue weighted by Crippen LogP contribution is -2.26. The van der Waals surface area contributed by atoms with Gasteiger partial charge in [-0.2, -0.15) is 0 Å². The number of anilines is 1. The van der Waals surface area contributed by atoms with Crippen molar-refractivity contribution in [2.75, 3.05) is 5.32 Å². The van der Waals surface area contributed by atoms with Gasteiger partial charge in [-0.15, -0.1) is 10.2 Å². The molecule has 0 saturated heterocycles. The molecule has 0 spiro atoms. The molecule has 2 rings (SSSR count). The number of hydrogen-bond donors (Lipinski definition) is 2. The van der Waals surface area contributed by atoms with Crippen molar-refractivity contribution in [2.45, 2.75) is 47.2 Å². The fourth-order valence-corrected chi connectivity index (χ4v) is 2.31. The van der Waals surface area contributed by atoms with Gasteiger partial charge in [0.25, 0.3) is 5.91 Å². The molecule has 0 aliphatic heterocycles. The van der Waals surface area contributed by atoms with Crippen LogP contribution in [0.15, 0.2) is 18.2 Å². The standard InChI is InChI=1S/C18H27N5O/c1-11(2)13(4)20-16-9-7-8-15(12(16)3)18(24)19-10-17-22-21-14(5)23(17)6/h7-9,11,13,20H,10H2,1-6H3,(H,19,24)/t13-/m1/s1. The summed E-state index contributed by atoms with van der Waals surface area (Å²) in [5.74, 6) is 1.97. The van der Waals surface area contributed by atoms with E-state index in [0.29, 0.717) is 24.1 Å². The Hall–Kier alpha value is -2.37. The van der Waals surface area contributed by atoms with Crippen LogP contribution in [0.1, 0.15) is 48.3 Å². The van der Waals surface area contributed by atoms with Crippen molar-refractivity contribution in [1.29, 1.82) is 0 Å². The zero-order valence-corrected chi connectivity index (χ0v) is 15.3. The fraction of sp³-hybridized carbons (Fsp3) is 0.500. The summed E-state index contributed by atoms with van der Waals surface area (Å²) < 4.78 is 1.87. The third kappa shape index (κ3) is 3.93. The van der Waals surface area contributed by atoms with Gasteiger partial charge in [0, 0.05) is 24.3 Å². The van der Waals surface area contributed by atoms with Gasteiger partial charge in [-0.3, -0.25) is 4.79 Å². The van der Waals surface area contributed by atoms with Crippen LogP contribution in [0.2, 0.25) is 0 Å². The monoisotopic (exact) mass is 329 g/mol. The molecule has 0 radical (unpaired) electrons. The first kappa shape index (κ1) is 18.0. The Morgan fingerprint density at radius 1 is 1.21 bits per heavy atom. The predicted molar refractivity (Wildman–Crippen MR) is 96.0 cm³/mol. The van der Waals surface area contributed by atoms with Crippen LogP contribution in [-0.2, 0) is 13.6 Å². The van der Waals surface area contributed by atoms with Crippen molar-refractivity contribution >= 4 is 11.6 Å². The van der Waals surface area contributed by atoms with E-state index in [-0.39, 0.29) is 5.91 Å². The molecule has 130 valence electrons. The highest BCUT2D eigenvalue weighted by Crippen LogP contribution is 2.21. The van der Waals surface area contributed by atoms with Crippen molar-refractivity contribution in [1.82, 2.24) is 20.1 Å². The van der Waals surface area contributed by atoms with E-state index in [1.54, 1.807) is 0 Å². The van der Waals surface area contributed by atoms with E-state index in [1.165, 1.54) is 0 Å². The lowest BCUT2D eigenvalue weighted by molar-refractivity contribution is 0.0949. The average Bonchev–Trinajstić information content (AvgIpc) is 2.86. The molecule has 0 aliphatic rings. The molecule has 1 heterocycles. The number of aromatic nitrogens is 3. The van der Waals surface area contributed by atoms with Gasteiger partial charge in [-0.25, -0.2) is 0 Å². The van der Waals surface area contributed by atoms with Crippen LogP contribution in [-0.4, -0.2) is 26.7 Å². The van der Waals surface area contributed by atoms with E-state index in [9.17, 15) is 4.79 Å². The van der Waals surface area contributed by atoms with Gasteiger partial charge >= 0.3 is 0 Å². The average molecular weight is 329 g/mol. The summed E-state index contributed by atoms with van der Waals surface area (Å²) in [5, 5.41) is 14.5. The Labute approximate surface area is 143 Å². The van der Waals surface area contributed by atoms with Crippen LogP contribution in [0.4, 0.5) is 5.69 Å². The predicted octanol–water partition coefficient (Wildman–Crippen LogP) is 2.82. The lowest BCUT2D eigenvalue weighted by Gasteiger charge is -2.21. The minimum absolute atomic E-state index is 0.103. The van der Waals surface area contributed by atoms with Crippen molar-refractivity contribution in [2.24, 2.45) is 13.0 Å². The molecular weight excluding hydrogens is 302 g/mol. The molecule has 0 bridgehead atoms. The summed E-state index contributed by atoms with van der Waals surface area (Å²) >= 11 is 0. The number of hydrogen-bond acceptors (Lipinski definition) is 4. The van der Waals surface area contributed by atoms with Crippen LogP contribution < -0.4 is 10.6 Å². The molecule has 1 aromatic carbocycles. The van der Waals surface area contributed by atoms with Crippen LogP contribution >= 0.6 is 0 Å². The minimum atomic E-state index is -0.103. The summed E-state index contributed by atoms with van der Waals surface area (Å²) in [7, 11) is 1.89. The fourth-order valence-electron chi connectivity index (χ4n) is 2.31. The molecular formula is C18H27N5O. The van der Waals surface area contributed by atoms with Crippen LogP contribution in [0.3, 0.4) is 0 Å². The topological polar surface area (TPSA) is 71.8 Å². The number of nitrogens with zero attached hydrogens (tertiary/aromatic N) is 3. The maximum Gasteiger partial charge on any atom is 0.252 e. The molecule has 1 amide bonds. The number of carbonyl (C=O) groups is 1. The van der Waals surface area contributed by atoms with E-state index in [4.69, 9.17) is 0 Å². The zero-order chi connectivity index (χ0) is 17.9. The van der Waals surface area contributed by atoms with Crippen LogP contribution in [0.25, 0.3) is 0 Å². The van der Waals surface area contributed by atoms with Crippen molar-refractivity contribution in [3.8, 4) is 0 Å². The minimum Gasteiger partial charge on any atom is -0.382 e. The molecule has 24 heavy (non-hydrogen) atoms. The summed E-state index contributed by atoms with van der Waals surface area (Å²) in [5.41, 5.74) is 2.63. The second-order valence-electron chi connectivity index (χ2n) is 6.56. The number of aryl methyl sites for hydroxylation is 1. The van der Waals surface area contributed by atoms with E-state index >= 15 is 0 Å². The van der Waals surface area contributed by atoms with E-state index in [2.05, 4.69) is 41.6 Å². The van der Waals surface area contributed by atoms with Crippen LogP contribution in [0.5, 0.6) is 0 Å². The van der Waals surface area contributed by atoms with E-state index < -0.39 is 0 Å². The molecule has 6 nitrogen and oxygen atoms in total. The number of carbonyl (C=O) groups excluding carboxylic acids is 1. The summed E-state index contributed by atoms with van der Waals surface area (Å²) in [6.07, 6.45) is 0. The first-order chi connectivity index (χ1) is 11.3. The van der Waals surface area contributed by atoms with Gasteiger partial charge in [0.1, 0.15) is 5.82 Å². The maximum absolute atomic E-state index is 12.5. The zero-order valence-electron chi connectivity index (χ0n) is 15.3. The molecule has 0 saturated carbocycles. The van der Waals surface area contributed by atoms with E-state index in [0.717, 1.165) is 22.9 Å². The molecule has 0 aliphatic carbocycles. The normalized spacial score (nSPS) is 12.3. The smallest absolute Gasteiger partial charge is 0.252 e. The summed E-state index contributed by atoms with van der Waals surface area (Å²) in [4.78, 5) is 12.5. The highest BCUT2D eigenvalue weighted by atomic mass is 16.1. The quantitative estimate of drug-likeness (QED) is 0.855. The van der Waals surface area contributed by atoms with Gasteiger partial charge in [0.15, 0.2) is 5.82 Å². The molecule has 1 atom stereocenters. The van der Waals surface area contributed by atoms with Crippen molar-refractivity contribution in [3.05, 3.63) is 41.0 Å². The molecule has 1 aromatic heterocycles. The second kappa shape index (κ2) is 7.47. The highest BCUT2D eigenvalue weighted by molar-refractivity contribution is 5.97. The second-order valence-corrected chi connectivity index (χ2v) is 6.56. The highest BCUT2D eigenvalue weighted by Gasteiger charge is 2.15. The largest absolute Gasteiger partial charge is 0.382 e. The number of nitrogens with one attached hydrogen (secondary N) is 2. The van der Waals surface area contributed by atoms with Gasteiger partial charge < -0.3 is 15.2 Å². The Bertz CT molecular complexity index is 720. The van der Waals surface area contributed by atoms with Gasteiger partial charge in [0.2, 0.25) is 0 Å². The van der Waals surface area contributed by atoms with Gasteiger partial charge in [-0.1, -0.05) is 19.9 Å². The third-order valence-corrected chi connectivity index (χ3v) is 4.55. The molecule has 2 aromatic rings. The first-order valence-corrected chi connectivity index (χ1v) is 8.30. The SMILES string of the molecule is Cc1c(N[C@H](C)C(C)C)cccc1C(=O)NCc1nnc(C)n1C. The first-order valence-electron chi connectivity index (χ1n) is 8.30. The summed E-state index contributed by atoms with van der Waals surface area (Å²) in [6, 6.07) is 6.10. The number of amides is 1. The number of rotatable bonds is 6. The van der Waals surface area contributed by atoms with Crippen molar-refractivity contribution < 1.29 is 4.79 Å². The maximum atomic E-state index is 12.5. The Balaban J connectivity index is 2.10. The van der Waals surface area contributed by atoms with Crippen molar-refractivity contribution in [3.63, 3.8) is 0 Å². The molecule has 0 unspecified atom stereocenters. The van der Waals surface area contributed by atoms with Gasteiger partial charge in [-0.05, 0) is 44.4 Å². The Morgan fingerprint density at radius 3 is 2.50 bits per heavy atom. The summed E-state index contributed by atoms with van der Waals surface area (Å²) in [6.45, 7) is 10.7. The van der Waals surface area contributed by atoms with Gasteiger partial charge in [0.05, 0.1) is 6.54 Å². The molecule has 6 heteroatoms. The Kier molecular flexibility index (Phi) is 5.59.